The number of hydrogen-bond donors (Lipinski definition) is 4. The molecule has 4 amide bonds. The summed E-state index contributed by atoms with van der Waals surface area (Å²) in [5.74, 6) is 6.22. The molecule has 2 aliphatic rings. The second-order valence-corrected chi connectivity index (χ2v) is 15.2. The highest BCUT2D eigenvalue weighted by Gasteiger charge is 2.26. The minimum Gasteiger partial charge on any atom is -0.379 e. The van der Waals surface area contributed by atoms with Crippen LogP contribution in [-0.2, 0) is 38.0 Å². The van der Waals surface area contributed by atoms with Crippen molar-refractivity contribution in [3.8, 4) is 24.7 Å². The molecule has 0 bridgehead atoms. The van der Waals surface area contributed by atoms with Crippen LogP contribution in [0.2, 0.25) is 0 Å². The van der Waals surface area contributed by atoms with E-state index in [9.17, 15) is 19.2 Å². The number of hydrogen-bond acceptors (Lipinski definition) is 10. The lowest BCUT2D eigenvalue weighted by Crippen LogP contribution is -2.34. The van der Waals surface area contributed by atoms with Crippen LogP contribution in [0, 0.1) is 48.4 Å². The molecule has 0 unspecified atom stereocenters. The lowest BCUT2D eigenvalue weighted by atomic mass is 9.82. The molecule has 14 heteroatoms. The Bertz CT molecular complexity index is 1320. The van der Waals surface area contributed by atoms with Crippen molar-refractivity contribution < 1.29 is 47.6 Å². The second kappa shape index (κ2) is 32.7. The van der Waals surface area contributed by atoms with E-state index in [-0.39, 0.29) is 35.5 Å². The minimum atomic E-state index is -0.211. The van der Waals surface area contributed by atoms with Crippen molar-refractivity contribution in [2.75, 3.05) is 105 Å². The average molecular weight is 839 g/mol. The van der Waals surface area contributed by atoms with Gasteiger partial charge in [0, 0.05) is 87.4 Å². The van der Waals surface area contributed by atoms with Crippen LogP contribution in [0.4, 0.5) is 0 Å². The normalized spacial score (nSPS) is 18.8. The molecular weight excluding hydrogens is 769 g/mol. The van der Waals surface area contributed by atoms with Crippen LogP contribution in [-0.4, -0.2) is 129 Å². The van der Waals surface area contributed by atoms with Gasteiger partial charge in [-0.05, 0) is 101 Å². The van der Waals surface area contributed by atoms with E-state index >= 15 is 0 Å². The predicted molar refractivity (Wildman–Crippen MR) is 229 cm³/mol. The zero-order valence-corrected chi connectivity index (χ0v) is 35.7. The molecule has 0 spiro atoms. The molecule has 1 aromatic carbocycles. The number of carbonyl (C=O) groups is 4. The summed E-state index contributed by atoms with van der Waals surface area (Å²) >= 11 is 0. The second-order valence-electron chi connectivity index (χ2n) is 15.2. The van der Waals surface area contributed by atoms with Crippen LogP contribution in [0.25, 0.3) is 0 Å². The molecule has 2 saturated carbocycles. The molecule has 2 aliphatic carbocycles. The number of rotatable bonds is 32. The van der Waals surface area contributed by atoms with Crippen LogP contribution in [0.1, 0.15) is 97.8 Å². The van der Waals surface area contributed by atoms with Crippen molar-refractivity contribution in [3.05, 3.63) is 35.4 Å². The molecule has 0 aromatic heterocycles. The van der Waals surface area contributed by atoms with E-state index in [0.717, 1.165) is 64.2 Å². The van der Waals surface area contributed by atoms with E-state index < -0.39 is 0 Å². The third kappa shape index (κ3) is 22.5. The molecule has 0 saturated heterocycles. The zero-order valence-electron chi connectivity index (χ0n) is 35.7. The fourth-order valence-corrected chi connectivity index (χ4v) is 6.92. The van der Waals surface area contributed by atoms with Crippen molar-refractivity contribution >= 4 is 23.6 Å². The predicted octanol–water partition coefficient (Wildman–Crippen LogP) is 3.92. The quantitative estimate of drug-likeness (QED) is 0.0616. The van der Waals surface area contributed by atoms with Crippen molar-refractivity contribution in [2.24, 2.45) is 23.7 Å². The van der Waals surface area contributed by atoms with Crippen LogP contribution in [0.3, 0.4) is 0 Å². The van der Waals surface area contributed by atoms with Crippen molar-refractivity contribution in [2.45, 2.75) is 77.0 Å². The van der Waals surface area contributed by atoms with Gasteiger partial charge in [0.05, 0.1) is 52.9 Å². The first kappa shape index (κ1) is 50.3. The van der Waals surface area contributed by atoms with Crippen molar-refractivity contribution in [1.82, 2.24) is 21.3 Å². The number of ether oxygens (including phenoxy) is 6. The van der Waals surface area contributed by atoms with E-state index in [2.05, 4.69) is 33.1 Å². The summed E-state index contributed by atoms with van der Waals surface area (Å²) in [6.07, 6.45) is 21.0. The van der Waals surface area contributed by atoms with Crippen molar-refractivity contribution in [3.63, 3.8) is 0 Å². The van der Waals surface area contributed by atoms with Gasteiger partial charge in [-0.2, -0.15) is 0 Å². The topological polar surface area (TPSA) is 172 Å². The summed E-state index contributed by atoms with van der Waals surface area (Å²) in [7, 11) is 0. The average Bonchev–Trinajstić information content (AvgIpc) is 3.28. The maximum absolute atomic E-state index is 12.5. The summed E-state index contributed by atoms with van der Waals surface area (Å²) in [5.41, 5.74) is 0.952. The third-order valence-corrected chi connectivity index (χ3v) is 10.6. The van der Waals surface area contributed by atoms with Gasteiger partial charge < -0.3 is 49.7 Å². The van der Waals surface area contributed by atoms with Gasteiger partial charge in [0.1, 0.15) is 0 Å². The molecule has 14 nitrogen and oxygen atoms in total. The Kier molecular flexibility index (Phi) is 27.4. The number of terminal acetylenes is 2. The molecular formula is C46H70N4O10. The number of nitrogens with one attached hydrogen (secondary N) is 4. The minimum absolute atomic E-state index is 0.0830. The highest BCUT2D eigenvalue weighted by Crippen LogP contribution is 2.29. The summed E-state index contributed by atoms with van der Waals surface area (Å²) < 4.78 is 33.4. The molecule has 3 rings (SSSR count). The van der Waals surface area contributed by atoms with Gasteiger partial charge in [0.2, 0.25) is 11.8 Å². The fraction of sp³-hybridized carbons (Fsp3) is 0.696. The molecule has 0 aliphatic heterocycles. The summed E-state index contributed by atoms with van der Waals surface area (Å²) in [4.78, 5) is 49.5. The largest absolute Gasteiger partial charge is 0.379 e. The molecule has 0 atom stereocenters. The smallest absolute Gasteiger partial charge is 0.251 e. The van der Waals surface area contributed by atoms with Gasteiger partial charge in [-0.15, -0.1) is 24.7 Å². The summed E-state index contributed by atoms with van der Waals surface area (Å²) in [5, 5.41) is 11.7. The lowest BCUT2D eigenvalue weighted by Gasteiger charge is -2.24. The van der Waals surface area contributed by atoms with Gasteiger partial charge >= 0.3 is 0 Å². The van der Waals surface area contributed by atoms with Crippen molar-refractivity contribution in [1.29, 1.82) is 0 Å². The highest BCUT2D eigenvalue weighted by molar-refractivity contribution is 5.97. The van der Waals surface area contributed by atoms with Gasteiger partial charge in [-0.25, -0.2) is 0 Å². The Morgan fingerprint density at radius 3 is 0.983 bits per heavy atom. The van der Waals surface area contributed by atoms with Gasteiger partial charge in [0.15, 0.2) is 0 Å². The first-order valence-corrected chi connectivity index (χ1v) is 22.0. The molecule has 60 heavy (non-hydrogen) atoms. The Morgan fingerprint density at radius 1 is 0.433 bits per heavy atom. The van der Waals surface area contributed by atoms with E-state index in [4.69, 9.17) is 41.3 Å². The Morgan fingerprint density at radius 2 is 0.700 bits per heavy atom. The third-order valence-electron chi connectivity index (χ3n) is 10.6. The fourth-order valence-electron chi connectivity index (χ4n) is 6.92. The van der Waals surface area contributed by atoms with Crippen LogP contribution < -0.4 is 21.3 Å². The number of carbonyl (C=O) groups excluding carboxylic acids is 4. The van der Waals surface area contributed by atoms with Gasteiger partial charge in [-0.1, -0.05) is 0 Å². The van der Waals surface area contributed by atoms with Crippen LogP contribution >= 0.6 is 0 Å². The number of benzene rings is 1. The maximum Gasteiger partial charge on any atom is 0.251 e. The van der Waals surface area contributed by atoms with E-state index in [1.807, 2.05) is 0 Å². The van der Waals surface area contributed by atoms with E-state index in [0.29, 0.717) is 141 Å². The van der Waals surface area contributed by atoms with Gasteiger partial charge in [-0.3, -0.25) is 19.2 Å². The maximum atomic E-state index is 12.5. The summed E-state index contributed by atoms with van der Waals surface area (Å²) in [6.45, 7) is 7.96. The SMILES string of the molecule is C#CC1CCC(C(=O)NCCCOCCOCCOCCCNC(=O)c2ccc(C(=O)NCCCOCCOCCOCCCNC(=O)C3CCC(C#C)CC3)cc2)CC1. The van der Waals surface area contributed by atoms with Crippen LogP contribution in [0.15, 0.2) is 24.3 Å². The molecule has 334 valence electrons. The van der Waals surface area contributed by atoms with Gasteiger partial charge in [0.25, 0.3) is 11.8 Å². The van der Waals surface area contributed by atoms with Crippen LogP contribution in [0.5, 0.6) is 0 Å². The molecule has 2 fully saturated rings. The monoisotopic (exact) mass is 839 g/mol. The molecule has 0 heterocycles. The molecule has 0 radical (unpaired) electrons. The standard InChI is InChI=1S/C46H70N4O10/c1-3-37-9-13-39(14-10-37)43(51)47-21-5-25-55-29-33-59-35-31-57-27-7-23-49-45(53)41-17-19-42(20-18-41)46(54)50-24-8-28-58-32-36-60-34-30-56-26-6-22-48-44(52)40-15-11-38(4-2)12-16-40/h1-2,17-20,37-40H,5-16,21-36H2,(H,47,51)(H,48,52)(H,49,53)(H,50,54). The summed E-state index contributed by atoms with van der Waals surface area (Å²) in [6, 6.07) is 6.54. The van der Waals surface area contributed by atoms with E-state index in [1.54, 1.807) is 24.3 Å². The molecule has 4 N–H and O–H groups in total. The zero-order chi connectivity index (χ0) is 42.9. The Balaban J connectivity index is 1.03. The highest BCUT2D eigenvalue weighted by atomic mass is 16.5. The first-order valence-electron chi connectivity index (χ1n) is 22.0. The Hall–Kier alpha value is -4.02. The number of amides is 4. The lowest BCUT2D eigenvalue weighted by molar-refractivity contribution is -0.126. The molecule has 1 aromatic rings. The van der Waals surface area contributed by atoms with E-state index in [1.165, 1.54) is 0 Å². The first-order chi connectivity index (χ1) is 29.4. The Labute approximate surface area is 358 Å².